The summed E-state index contributed by atoms with van der Waals surface area (Å²) in [6.07, 6.45) is 6.36. The number of nitrogens with one attached hydrogen (secondary N) is 1. The van der Waals surface area contributed by atoms with E-state index >= 15 is 0 Å². The van der Waals surface area contributed by atoms with Crippen molar-refractivity contribution in [1.29, 1.82) is 0 Å². The summed E-state index contributed by atoms with van der Waals surface area (Å²) in [5, 5.41) is 5.56. The van der Waals surface area contributed by atoms with Crippen molar-refractivity contribution in [2.24, 2.45) is 5.92 Å². The molecule has 4 atom stereocenters. The van der Waals surface area contributed by atoms with E-state index in [0.717, 1.165) is 23.0 Å². The van der Waals surface area contributed by atoms with Gasteiger partial charge in [0.05, 0.1) is 18.4 Å². The van der Waals surface area contributed by atoms with Crippen LogP contribution < -0.4 is 15.1 Å². The van der Waals surface area contributed by atoms with Crippen LogP contribution in [-0.4, -0.2) is 80.4 Å². The Bertz CT molecular complexity index is 1480. The van der Waals surface area contributed by atoms with Gasteiger partial charge in [0.15, 0.2) is 0 Å². The molecule has 0 bridgehead atoms. The van der Waals surface area contributed by atoms with Crippen LogP contribution in [0.4, 0.5) is 27.7 Å². The van der Waals surface area contributed by atoms with E-state index in [1.807, 2.05) is 11.1 Å². The van der Waals surface area contributed by atoms with Gasteiger partial charge in [-0.05, 0) is 61.3 Å². The van der Waals surface area contributed by atoms with E-state index in [2.05, 4.69) is 45.3 Å². The molecule has 2 aliphatic heterocycles. The highest BCUT2D eigenvalue weighted by Gasteiger charge is 2.38. The molecule has 2 saturated heterocycles. The second-order valence-electron chi connectivity index (χ2n) is 11.2. The number of pyridine rings is 1. The number of nitrogens with zero attached hydrogens (tertiary/aromatic N) is 5. The first-order chi connectivity index (χ1) is 18.7. The molecule has 1 saturated carbocycles. The second kappa shape index (κ2) is 10.2. The lowest BCUT2D eigenvalue weighted by molar-refractivity contribution is 0.0194. The molecule has 1 aliphatic carbocycles. The van der Waals surface area contributed by atoms with Gasteiger partial charge in [0.1, 0.15) is 27.6 Å². The van der Waals surface area contributed by atoms with Gasteiger partial charge in [-0.1, -0.05) is 6.07 Å². The Morgan fingerprint density at radius 2 is 1.92 bits per heavy atom. The minimum Gasteiger partial charge on any atom is -0.378 e. The highest BCUT2D eigenvalue weighted by atomic mass is 32.2. The van der Waals surface area contributed by atoms with Crippen LogP contribution in [0.2, 0.25) is 0 Å². The zero-order valence-electron chi connectivity index (χ0n) is 22.5. The first-order valence-corrected chi connectivity index (χ1v) is 15.6. The van der Waals surface area contributed by atoms with Gasteiger partial charge < -0.3 is 19.9 Å². The number of hydrogen-bond acceptors (Lipinski definition) is 9. The Balaban J connectivity index is 1.25. The fourth-order valence-corrected chi connectivity index (χ4v) is 7.10. The number of methoxy groups -OCH3 is 1. The first kappa shape index (κ1) is 26.2. The number of benzene rings is 1. The van der Waals surface area contributed by atoms with Crippen LogP contribution in [-0.2, 0) is 14.6 Å². The summed E-state index contributed by atoms with van der Waals surface area (Å²) in [6.45, 7) is 3.64. The smallest absolute Gasteiger partial charge is 0.227 e. The zero-order chi connectivity index (χ0) is 27.3. The van der Waals surface area contributed by atoms with Crippen molar-refractivity contribution >= 4 is 43.9 Å². The second-order valence-corrected chi connectivity index (χ2v) is 13.4. The molecule has 3 aromatic rings. The zero-order valence-corrected chi connectivity index (χ0v) is 23.4. The lowest BCUT2D eigenvalue weighted by Crippen LogP contribution is -2.57. The lowest BCUT2D eigenvalue weighted by Gasteiger charge is -2.48. The third-order valence-corrected chi connectivity index (χ3v) is 9.36. The van der Waals surface area contributed by atoms with Crippen LogP contribution in [0.3, 0.4) is 0 Å². The molecule has 0 amide bonds. The highest BCUT2D eigenvalue weighted by molar-refractivity contribution is 7.90. The number of alkyl halides is 1. The number of anilines is 4. The van der Waals surface area contributed by atoms with E-state index in [9.17, 15) is 12.8 Å². The predicted octanol–water partition coefficient (Wildman–Crippen LogP) is 4.08. The standard InChI is InChI=1S/C28H35FN6O3S/c1-17-19(16-39(3,36)37)14-35(17)24-7-6-20(18-4-5-18)21-12-27(31-13-22(21)24)32-26-8-10-30-28(33-26)34-11-9-25(38-2)23(29)15-34/h6-8,10,12-13,17-19,23,25H,4-5,9,11,14-16H2,1-3H3,(H,30,31,32,33)/t17-,19-,23+,25-/m1/s1. The highest BCUT2D eigenvalue weighted by Crippen LogP contribution is 2.46. The van der Waals surface area contributed by atoms with E-state index < -0.39 is 16.0 Å². The molecule has 6 rings (SSSR count). The lowest BCUT2D eigenvalue weighted by atomic mass is 9.89. The van der Waals surface area contributed by atoms with Crippen molar-refractivity contribution < 1.29 is 17.5 Å². The van der Waals surface area contributed by atoms with Gasteiger partial charge in [0.2, 0.25) is 5.95 Å². The van der Waals surface area contributed by atoms with Crippen molar-refractivity contribution in [2.45, 2.75) is 50.4 Å². The SMILES string of the molecule is CO[C@@H]1CCN(c2nccc(Nc3cc4c(C5CC5)ccc(N5C[C@H](CS(C)(=O)=O)[C@H]5C)c4cn3)n2)C[C@@H]1F. The summed E-state index contributed by atoms with van der Waals surface area (Å²) in [7, 11) is -1.47. The minimum atomic E-state index is -3.01. The molecule has 3 fully saturated rings. The number of ether oxygens (including phenoxy) is 1. The van der Waals surface area contributed by atoms with Crippen molar-refractivity contribution in [2.75, 3.05) is 53.9 Å². The molecule has 1 aromatic carbocycles. The minimum absolute atomic E-state index is 0.131. The molecule has 1 N–H and O–H groups in total. The van der Waals surface area contributed by atoms with Crippen LogP contribution in [0.5, 0.6) is 0 Å². The summed E-state index contributed by atoms with van der Waals surface area (Å²) in [4.78, 5) is 17.9. The largest absolute Gasteiger partial charge is 0.378 e. The van der Waals surface area contributed by atoms with Crippen LogP contribution >= 0.6 is 0 Å². The maximum atomic E-state index is 14.4. The van der Waals surface area contributed by atoms with Crippen molar-refractivity contribution in [1.82, 2.24) is 15.0 Å². The maximum absolute atomic E-state index is 14.4. The van der Waals surface area contributed by atoms with Crippen LogP contribution in [0.1, 0.15) is 37.7 Å². The summed E-state index contributed by atoms with van der Waals surface area (Å²) >= 11 is 0. The number of rotatable bonds is 8. The molecule has 9 nitrogen and oxygen atoms in total. The van der Waals surface area contributed by atoms with Crippen molar-refractivity contribution in [3.05, 3.63) is 42.2 Å². The quantitative estimate of drug-likeness (QED) is 0.441. The fraction of sp³-hybridized carbons (Fsp3) is 0.536. The van der Waals surface area contributed by atoms with Gasteiger partial charge in [-0.3, -0.25) is 0 Å². The number of fused-ring (bicyclic) bond motifs is 1. The van der Waals surface area contributed by atoms with E-state index in [4.69, 9.17) is 9.72 Å². The van der Waals surface area contributed by atoms with Gasteiger partial charge in [-0.15, -0.1) is 0 Å². The van der Waals surface area contributed by atoms with E-state index in [-0.39, 0.29) is 30.4 Å². The predicted molar refractivity (Wildman–Crippen MR) is 152 cm³/mol. The maximum Gasteiger partial charge on any atom is 0.227 e. The van der Waals surface area contributed by atoms with Crippen LogP contribution in [0.15, 0.2) is 36.7 Å². The molecular weight excluding hydrogens is 519 g/mol. The first-order valence-electron chi connectivity index (χ1n) is 13.6. The molecule has 0 unspecified atom stereocenters. The Morgan fingerprint density at radius 1 is 1.10 bits per heavy atom. The molecule has 2 aromatic heterocycles. The molecule has 208 valence electrons. The number of sulfone groups is 1. The molecular formula is C28H35FN6O3S. The average Bonchev–Trinajstić information content (AvgIpc) is 3.75. The van der Waals surface area contributed by atoms with Gasteiger partial charge in [0.25, 0.3) is 0 Å². The van der Waals surface area contributed by atoms with Crippen molar-refractivity contribution in [3.63, 3.8) is 0 Å². The number of halogens is 1. The van der Waals surface area contributed by atoms with Gasteiger partial charge >= 0.3 is 0 Å². The van der Waals surface area contributed by atoms with E-state index in [1.165, 1.54) is 24.7 Å². The Morgan fingerprint density at radius 3 is 2.62 bits per heavy atom. The van der Waals surface area contributed by atoms with Crippen LogP contribution in [0, 0.1) is 5.92 Å². The molecule has 3 aliphatic rings. The molecule has 39 heavy (non-hydrogen) atoms. The summed E-state index contributed by atoms with van der Waals surface area (Å²) in [5.74, 6) is 2.66. The Kier molecular flexibility index (Phi) is 6.83. The summed E-state index contributed by atoms with van der Waals surface area (Å²) < 4.78 is 43.3. The van der Waals surface area contributed by atoms with Gasteiger partial charge in [-0.25, -0.2) is 22.8 Å². The molecule has 0 radical (unpaired) electrons. The Hall–Kier alpha value is -3.05. The summed E-state index contributed by atoms with van der Waals surface area (Å²) in [6, 6.07) is 8.39. The number of hydrogen-bond donors (Lipinski definition) is 1. The average molecular weight is 555 g/mol. The molecule has 11 heteroatoms. The van der Waals surface area contributed by atoms with Gasteiger partial charge in [-0.2, -0.15) is 4.98 Å². The monoisotopic (exact) mass is 554 g/mol. The van der Waals surface area contributed by atoms with Gasteiger partial charge in [0, 0.05) is 61.9 Å². The molecule has 0 spiro atoms. The topological polar surface area (TPSA) is 101 Å². The normalized spacial score (nSPS) is 25.5. The Labute approximate surface area is 228 Å². The van der Waals surface area contributed by atoms with E-state index in [0.29, 0.717) is 36.5 Å². The summed E-state index contributed by atoms with van der Waals surface area (Å²) in [5.41, 5.74) is 2.41. The number of piperidine rings is 1. The molecule has 4 heterocycles. The third-order valence-electron chi connectivity index (χ3n) is 8.33. The van der Waals surface area contributed by atoms with E-state index in [1.54, 1.807) is 19.4 Å². The fourth-order valence-electron chi connectivity index (χ4n) is 5.93. The number of aromatic nitrogens is 3. The van der Waals surface area contributed by atoms with Crippen LogP contribution in [0.25, 0.3) is 10.8 Å². The third kappa shape index (κ3) is 5.38. The van der Waals surface area contributed by atoms with Crippen molar-refractivity contribution in [3.8, 4) is 0 Å².